The van der Waals surface area contributed by atoms with Crippen molar-refractivity contribution in [2.75, 3.05) is 13.1 Å². The van der Waals surface area contributed by atoms with Crippen molar-refractivity contribution in [1.29, 1.82) is 0 Å². The maximum absolute atomic E-state index is 12.8. The van der Waals surface area contributed by atoms with Crippen LogP contribution < -0.4 is 5.73 Å². The molecule has 2 unspecified atom stereocenters. The van der Waals surface area contributed by atoms with E-state index in [0.29, 0.717) is 12.1 Å². The second-order valence-electron chi connectivity index (χ2n) is 7.74. The van der Waals surface area contributed by atoms with Crippen LogP contribution in [0, 0.1) is 5.92 Å². The van der Waals surface area contributed by atoms with Crippen molar-refractivity contribution in [3.8, 4) is 0 Å². The lowest BCUT2D eigenvalue weighted by molar-refractivity contribution is -0.135. The fourth-order valence-corrected chi connectivity index (χ4v) is 3.64. The largest absolute Gasteiger partial charge is 0.337 e. The summed E-state index contributed by atoms with van der Waals surface area (Å²) in [7, 11) is 0. The Balaban J connectivity index is 1.64. The third-order valence-corrected chi connectivity index (χ3v) is 5.41. The van der Waals surface area contributed by atoms with Crippen molar-refractivity contribution in [1.82, 2.24) is 9.80 Å². The highest BCUT2D eigenvalue weighted by Crippen LogP contribution is 2.30. The quantitative estimate of drug-likeness (QED) is 0.836. The molecule has 2 fully saturated rings. The molecular weight excluding hydrogens is 298 g/mol. The topological polar surface area (TPSA) is 49.6 Å². The van der Waals surface area contributed by atoms with Gasteiger partial charge in [0.25, 0.3) is 0 Å². The molecular formula is C20H31N3O. The molecule has 132 valence electrons. The van der Waals surface area contributed by atoms with Crippen LogP contribution in [0.3, 0.4) is 0 Å². The molecule has 1 aliphatic carbocycles. The zero-order valence-electron chi connectivity index (χ0n) is 15.0. The third kappa shape index (κ3) is 4.17. The van der Waals surface area contributed by atoms with Crippen LogP contribution in [0.15, 0.2) is 30.3 Å². The second-order valence-corrected chi connectivity index (χ2v) is 7.74. The molecule has 1 aliphatic heterocycles. The Morgan fingerprint density at radius 2 is 1.96 bits per heavy atom. The van der Waals surface area contributed by atoms with Crippen molar-refractivity contribution >= 4 is 5.91 Å². The van der Waals surface area contributed by atoms with Gasteiger partial charge in [-0.25, -0.2) is 0 Å². The summed E-state index contributed by atoms with van der Waals surface area (Å²) in [6.45, 7) is 7.02. The van der Waals surface area contributed by atoms with Crippen molar-refractivity contribution in [3.05, 3.63) is 35.9 Å². The number of carbonyl (C=O) groups excluding carboxylic acids is 1. The molecule has 0 radical (unpaired) electrons. The Labute approximate surface area is 146 Å². The number of nitrogens with two attached hydrogens (primary N) is 1. The molecule has 24 heavy (non-hydrogen) atoms. The number of benzene rings is 1. The zero-order chi connectivity index (χ0) is 17.1. The third-order valence-electron chi connectivity index (χ3n) is 5.41. The summed E-state index contributed by atoms with van der Waals surface area (Å²) in [5, 5.41) is 0. The van der Waals surface area contributed by atoms with Gasteiger partial charge < -0.3 is 10.6 Å². The first-order valence-electron chi connectivity index (χ1n) is 9.40. The Bertz CT molecular complexity index is 541. The molecule has 1 aromatic carbocycles. The van der Waals surface area contributed by atoms with Gasteiger partial charge >= 0.3 is 0 Å². The Hall–Kier alpha value is -1.39. The van der Waals surface area contributed by atoms with Crippen LogP contribution in [0.2, 0.25) is 0 Å². The molecule has 2 atom stereocenters. The number of carbonyl (C=O) groups is 1. The Morgan fingerprint density at radius 1 is 1.25 bits per heavy atom. The first kappa shape index (κ1) is 17.4. The number of hydrogen-bond donors (Lipinski definition) is 1. The van der Waals surface area contributed by atoms with E-state index >= 15 is 0 Å². The zero-order valence-corrected chi connectivity index (χ0v) is 15.0. The molecule has 1 heterocycles. The summed E-state index contributed by atoms with van der Waals surface area (Å²) in [6.07, 6.45) is 4.69. The van der Waals surface area contributed by atoms with Crippen LogP contribution in [-0.4, -0.2) is 46.9 Å². The normalized spacial score (nSPS) is 22.8. The molecule has 0 spiro atoms. The fraction of sp³-hybridized carbons (Fsp3) is 0.650. The molecule has 0 aromatic heterocycles. The number of amides is 1. The maximum Gasteiger partial charge on any atom is 0.240 e. The lowest BCUT2D eigenvalue weighted by Crippen LogP contribution is -2.51. The highest BCUT2D eigenvalue weighted by molar-refractivity contribution is 5.82. The van der Waals surface area contributed by atoms with Gasteiger partial charge in [0.15, 0.2) is 0 Å². The standard InChI is InChI=1S/C20H31N3O/c1-15(2)19(21)20(24)23(17-10-11-17)14-18-9-6-12-22(18)13-16-7-4-3-5-8-16/h3-5,7-8,15,17-19H,6,9-14,21H2,1-2H3. The van der Waals surface area contributed by atoms with E-state index in [0.717, 1.165) is 32.5 Å². The van der Waals surface area contributed by atoms with E-state index in [1.54, 1.807) is 0 Å². The van der Waals surface area contributed by atoms with Gasteiger partial charge in [-0.2, -0.15) is 0 Å². The highest BCUT2D eigenvalue weighted by atomic mass is 16.2. The van der Waals surface area contributed by atoms with E-state index in [1.807, 2.05) is 13.8 Å². The lowest BCUT2D eigenvalue weighted by atomic mass is 10.0. The Kier molecular flexibility index (Phi) is 5.57. The van der Waals surface area contributed by atoms with Crippen LogP contribution in [-0.2, 0) is 11.3 Å². The van der Waals surface area contributed by atoms with Crippen LogP contribution in [0.25, 0.3) is 0 Å². The predicted octanol–water partition coefficient (Wildman–Crippen LogP) is 2.63. The highest BCUT2D eigenvalue weighted by Gasteiger charge is 2.38. The van der Waals surface area contributed by atoms with E-state index in [-0.39, 0.29) is 17.9 Å². The average molecular weight is 329 g/mol. The van der Waals surface area contributed by atoms with Gasteiger partial charge in [0.05, 0.1) is 6.04 Å². The average Bonchev–Trinajstić information content (AvgIpc) is 3.33. The molecule has 2 N–H and O–H groups in total. The molecule has 0 bridgehead atoms. The predicted molar refractivity (Wildman–Crippen MR) is 97.4 cm³/mol. The summed E-state index contributed by atoms with van der Waals surface area (Å²) in [5.41, 5.74) is 7.51. The maximum atomic E-state index is 12.8. The minimum Gasteiger partial charge on any atom is -0.337 e. The van der Waals surface area contributed by atoms with Crippen molar-refractivity contribution in [3.63, 3.8) is 0 Å². The van der Waals surface area contributed by atoms with Crippen LogP contribution in [0.4, 0.5) is 0 Å². The number of hydrogen-bond acceptors (Lipinski definition) is 3. The lowest BCUT2D eigenvalue weighted by Gasteiger charge is -2.33. The van der Waals surface area contributed by atoms with Crippen LogP contribution in [0.5, 0.6) is 0 Å². The van der Waals surface area contributed by atoms with E-state index < -0.39 is 0 Å². The fourth-order valence-electron chi connectivity index (χ4n) is 3.64. The van der Waals surface area contributed by atoms with Crippen molar-refractivity contribution in [2.24, 2.45) is 11.7 Å². The second kappa shape index (κ2) is 7.66. The molecule has 1 amide bonds. The summed E-state index contributed by atoms with van der Waals surface area (Å²) in [5.74, 6) is 0.349. The van der Waals surface area contributed by atoms with Gasteiger partial charge in [-0.3, -0.25) is 9.69 Å². The SMILES string of the molecule is CC(C)C(N)C(=O)N(CC1CCCN1Cc1ccccc1)C1CC1. The first-order valence-corrected chi connectivity index (χ1v) is 9.40. The summed E-state index contributed by atoms with van der Waals surface area (Å²) in [6, 6.07) is 11.2. The summed E-state index contributed by atoms with van der Waals surface area (Å²) in [4.78, 5) is 17.4. The molecule has 1 aromatic rings. The minimum absolute atomic E-state index is 0.152. The van der Waals surface area contributed by atoms with Gasteiger partial charge in [0, 0.05) is 25.2 Å². The van der Waals surface area contributed by atoms with Gasteiger partial charge in [-0.05, 0) is 43.7 Å². The first-order chi connectivity index (χ1) is 11.6. The number of rotatable bonds is 7. The summed E-state index contributed by atoms with van der Waals surface area (Å²) < 4.78 is 0. The van der Waals surface area contributed by atoms with E-state index in [9.17, 15) is 4.79 Å². The smallest absolute Gasteiger partial charge is 0.240 e. The molecule has 1 saturated heterocycles. The molecule has 4 heteroatoms. The van der Waals surface area contributed by atoms with Crippen molar-refractivity contribution < 1.29 is 4.79 Å². The molecule has 3 rings (SSSR count). The molecule has 2 aliphatic rings. The molecule has 1 saturated carbocycles. The Morgan fingerprint density at radius 3 is 2.58 bits per heavy atom. The van der Waals surface area contributed by atoms with Gasteiger partial charge in [0.1, 0.15) is 0 Å². The van der Waals surface area contributed by atoms with Gasteiger partial charge in [-0.15, -0.1) is 0 Å². The van der Waals surface area contributed by atoms with Gasteiger partial charge in [-0.1, -0.05) is 44.2 Å². The van der Waals surface area contributed by atoms with Gasteiger partial charge in [0.2, 0.25) is 5.91 Å². The van der Waals surface area contributed by atoms with E-state index in [4.69, 9.17) is 5.73 Å². The number of nitrogens with zero attached hydrogens (tertiary/aromatic N) is 2. The van der Waals surface area contributed by atoms with Crippen molar-refractivity contribution in [2.45, 2.75) is 64.2 Å². The van der Waals surface area contributed by atoms with Crippen LogP contribution >= 0.6 is 0 Å². The number of likely N-dealkylation sites (tertiary alicyclic amines) is 1. The van der Waals surface area contributed by atoms with E-state index in [1.165, 1.54) is 18.4 Å². The molecule has 4 nitrogen and oxygen atoms in total. The van der Waals surface area contributed by atoms with E-state index in [2.05, 4.69) is 40.1 Å². The summed E-state index contributed by atoms with van der Waals surface area (Å²) >= 11 is 0. The monoisotopic (exact) mass is 329 g/mol. The minimum atomic E-state index is -0.366. The van der Waals surface area contributed by atoms with Crippen LogP contribution in [0.1, 0.15) is 45.1 Å².